The third-order valence-electron chi connectivity index (χ3n) is 3.00. The first-order valence-electron chi connectivity index (χ1n) is 6.66. The number of methoxy groups -OCH3 is 1. The number of ether oxygens (including phenoxy) is 1. The Bertz CT molecular complexity index is 764. The van der Waals surface area contributed by atoms with E-state index in [4.69, 9.17) is 0 Å². The molecule has 0 radical (unpaired) electrons. The molecule has 0 saturated carbocycles. The van der Waals surface area contributed by atoms with Crippen molar-refractivity contribution in [2.24, 2.45) is 0 Å². The molecule has 0 aliphatic heterocycles. The largest absolute Gasteiger partial charge is 0.465 e. The highest BCUT2D eigenvalue weighted by Crippen LogP contribution is 2.33. The van der Waals surface area contributed by atoms with E-state index in [0.29, 0.717) is 21.0 Å². The van der Waals surface area contributed by atoms with E-state index in [-0.39, 0.29) is 11.7 Å². The molecule has 0 unspecified atom stereocenters. The first-order valence-corrected chi connectivity index (χ1v) is 8.46. The van der Waals surface area contributed by atoms with Crippen molar-refractivity contribution in [2.75, 3.05) is 18.2 Å². The number of rotatable bonds is 5. The molecule has 1 aromatic heterocycles. The summed E-state index contributed by atoms with van der Waals surface area (Å²) in [7, 11) is 1.28. The minimum atomic E-state index is -0.511. The lowest BCUT2D eigenvalue weighted by Crippen LogP contribution is -2.13. The second-order valence-corrected chi connectivity index (χ2v) is 6.58. The van der Waals surface area contributed by atoms with Crippen LogP contribution < -0.4 is 5.32 Å². The van der Waals surface area contributed by atoms with E-state index in [2.05, 4.69) is 10.1 Å². The summed E-state index contributed by atoms with van der Waals surface area (Å²) in [6, 6.07) is 11.6. The molecule has 7 heteroatoms. The van der Waals surface area contributed by atoms with Crippen LogP contribution in [0.25, 0.3) is 0 Å². The van der Waals surface area contributed by atoms with Crippen molar-refractivity contribution in [3.05, 3.63) is 46.3 Å². The van der Waals surface area contributed by atoms with E-state index in [0.717, 1.165) is 16.2 Å². The van der Waals surface area contributed by atoms with Crippen LogP contribution in [0.4, 0.5) is 5.00 Å². The molecular formula is C16H14N2O3S2. The van der Waals surface area contributed by atoms with Gasteiger partial charge in [0.15, 0.2) is 0 Å². The number of thioether (sulfide) groups is 1. The van der Waals surface area contributed by atoms with E-state index >= 15 is 0 Å². The van der Waals surface area contributed by atoms with Crippen LogP contribution in [-0.4, -0.2) is 24.7 Å². The van der Waals surface area contributed by atoms with Crippen LogP contribution in [0.3, 0.4) is 0 Å². The molecule has 1 N–H and O–H groups in total. The number of carbonyl (C=O) groups is 2. The van der Waals surface area contributed by atoms with Gasteiger partial charge in [0.2, 0.25) is 5.91 Å². The van der Waals surface area contributed by atoms with Crippen LogP contribution in [0.15, 0.2) is 35.2 Å². The lowest BCUT2D eigenvalue weighted by molar-refractivity contribution is -0.113. The third kappa shape index (κ3) is 4.12. The number of hydrogen-bond donors (Lipinski definition) is 1. The quantitative estimate of drug-likeness (QED) is 0.663. The molecule has 0 bridgehead atoms. The number of carbonyl (C=O) groups excluding carboxylic acids is 2. The van der Waals surface area contributed by atoms with Gasteiger partial charge in [-0.15, -0.1) is 23.1 Å². The van der Waals surface area contributed by atoms with Gasteiger partial charge < -0.3 is 10.1 Å². The number of benzene rings is 1. The maximum Gasteiger partial charge on any atom is 0.348 e. The van der Waals surface area contributed by atoms with E-state index in [1.807, 2.05) is 36.4 Å². The summed E-state index contributed by atoms with van der Waals surface area (Å²) in [6.07, 6.45) is 0. The van der Waals surface area contributed by atoms with E-state index < -0.39 is 5.97 Å². The molecule has 0 saturated heterocycles. The Morgan fingerprint density at radius 2 is 2.04 bits per heavy atom. The second-order valence-electron chi connectivity index (χ2n) is 4.51. The lowest BCUT2D eigenvalue weighted by atomic mass is 10.2. The summed E-state index contributed by atoms with van der Waals surface area (Å²) in [5.41, 5.74) is 0.823. The van der Waals surface area contributed by atoms with E-state index in [1.54, 1.807) is 6.92 Å². The van der Waals surface area contributed by atoms with Crippen LogP contribution in [0.1, 0.15) is 20.8 Å². The van der Waals surface area contributed by atoms with Crippen molar-refractivity contribution in [3.8, 4) is 6.07 Å². The van der Waals surface area contributed by atoms with Crippen LogP contribution in [-0.2, 0) is 9.53 Å². The number of nitrogens with one attached hydrogen (secondary N) is 1. The zero-order chi connectivity index (χ0) is 16.8. The smallest absolute Gasteiger partial charge is 0.348 e. The average Bonchev–Trinajstić information content (AvgIpc) is 2.88. The molecule has 5 nitrogen and oxygen atoms in total. The van der Waals surface area contributed by atoms with Gasteiger partial charge in [0.05, 0.1) is 18.4 Å². The topological polar surface area (TPSA) is 79.2 Å². The molecule has 1 amide bonds. The highest BCUT2D eigenvalue weighted by atomic mass is 32.2. The number of esters is 1. The Morgan fingerprint density at radius 1 is 1.35 bits per heavy atom. The predicted octanol–water partition coefficient (Wildman–Crippen LogP) is 3.45. The summed E-state index contributed by atoms with van der Waals surface area (Å²) >= 11 is 2.46. The number of nitriles is 1. The summed E-state index contributed by atoms with van der Waals surface area (Å²) in [6.45, 7) is 1.66. The number of thiophene rings is 1. The molecule has 118 valence electrons. The van der Waals surface area contributed by atoms with Crippen LogP contribution in [0.2, 0.25) is 0 Å². The van der Waals surface area contributed by atoms with Crippen LogP contribution >= 0.6 is 23.1 Å². The molecule has 2 rings (SSSR count). The molecule has 0 spiro atoms. The van der Waals surface area contributed by atoms with Crippen molar-refractivity contribution in [1.82, 2.24) is 0 Å². The fourth-order valence-corrected chi connectivity index (χ4v) is 3.66. The van der Waals surface area contributed by atoms with Crippen LogP contribution in [0.5, 0.6) is 0 Å². The molecule has 0 fully saturated rings. The Labute approximate surface area is 142 Å². The second kappa shape index (κ2) is 7.81. The van der Waals surface area contributed by atoms with Crippen molar-refractivity contribution < 1.29 is 14.3 Å². The Kier molecular flexibility index (Phi) is 5.79. The number of hydrogen-bond acceptors (Lipinski definition) is 6. The van der Waals surface area contributed by atoms with Gasteiger partial charge in [-0.3, -0.25) is 4.79 Å². The van der Waals surface area contributed by atoms with Crippen molar-refractivity contribution in [3.63, 3.8) is 0 Å². The van der Waals surface area contributed by atoms with Crippen LogP contribution in [0, 0.1) is 18.3 Å². The van der Waals surface area contributed by atoms with Gasteiger partial charge in [0.25, 0.3) is 0 Å². The highest BCUT2D eigenvalue weighted by Gasteiger charge is 2.21. The molecule has 1 aromatic carbocycles. The molecule has 0 aliphatic rings. The summed E-state index contributed by atoms with van der Waals surface area (Å²) in [5.74, 6) is -0.518. The summed E-state index contributed by atoms with van der Waals surface area (Å²) in [4.78, 5) is 25.1. The molecule has 0 aliphatic carbocycles. The van der Waals surface area contributed by atoms with Gasteiger partial charge in [-0.05, 0) is 24.6 Å². The van der Waals surface area contributed by atoms with Gasteiger partial charge in [-0.2, -0.15) is 5.26 Å². The maximum atomic E-state index is 12.1. The Morgan fingerprint density at radius 3 is 2.65 bits per heavy atom. The fraction of sp³-hybridized carbons (Fsp3) is 0.188. The Hall–Kier alpha value is -2.30. The third-order valence-corrected chi connectivity index (χ3v) is 5.19. The lowest BCUT2D eigenvalue weighted by Gasteiger charge is -2.03. The van der Waals surface area contributed by atoms with Crippen molar-refractivity contribution in [2.45, 2.75) is 11.8 Å². The van der Waals surface area contributed by atoms with Crippen molar-refractivity contribution in [1.29, 1.82) is 5.26 Å². The average molecular weight is 346 g/mol. The minimum absolute atomic E-state index is 0.222. The molecule has 2 aromatic rings. The van der Waals surface area contributed by atoms with Gasteiger partial charge in [-0.1, -0.05) is 18.2 Å². The Balaban J connectivity index is 2.09. The standard InChI is InChI=1S/C16H14N2O3S2/c1-10-12(8-17)15(23-14(10)16(20)21-2)18-13(19)9-22-11-6-4-3-5-7-11/h3-7H,9H2,1-2H3,(H,18,19). The molecule has 0 atom stereocenters. The molecule has 1 heterocycles. The predicted molar refractivity (Wildman–Crippen MR) is 90.9 cm³/mol. The number of anilines is 1. The normalized spacial score (nSPS) is 9.96. The van der Waals surface area contributed by atoms with Gasteiger partial charge in [0.1, 0.15) is 15.9 Å². The van der Waals surface area contributed by atoms with Gasteiger partial charge in [0, 0.05) is 4.90 Å². The minimum Gasteiger partial charge on any atom is -0.465 e. The number of amides is 1. The van der Waals surface area contributed by atoms with Gasteiger partial charge >= 0.3 is 5.97 Å². The zero-order valence-electron chi connectivity index (χ0n) is 12.6. The molecule has 23 heavy (non-hydrogen) atoms. The van der Waals surface area contributed by atoms with E-state index in [1.165, 1.54) is 18.9 Å². The van der Waals surface area contributed by atoms with Crippen molar-refractivity contribution >= 4 is 40.0 Å². The monoisotopic (exact) mass is 346 g/mol. The maximum absolute atomic E-state index is 12.1. The summed E-state index contributed by atoms with van der Waals surface area (Å²) in [5, 5.41) is 12.3. The van der Waals surface area contributed by atoms with Gasteiger partial charge in [-0.25, -0.2) is 4.79 Å². The number of nitrogens with zero attached hydrogens (tertiary/aromatic N) is 1. The fourth-order valence-electron chi connectivity index (χ4n) is 1.85. The molecular weight excluding hydrogens is 332 g/mol. The van der Waals surface area contributed by atoms with E-state index in [9.17, 15) is 14.9 Å². The summed E-state index contributed by atoms with van der Waals surface area (Å²) < 4.78 is 4.69. The zero-order valence-corrected chi connectivity index (χ0v) is 14.2. The highest BCUT2D eigenvalue weighted by molar-refractivity contribution is 8.00. The first kappa shape index (κ1) is 17.1. The SMILES string of the molecule is COC(=O)c1sc(NC(=O)CSc2ccccc2)c(C#N)c1C. The first-order chi connectivity index (χ1) is 11.1.